The molecule has 1 fully saturated rings. The van der Waals surface area contributed by atoms with Crippen molar-refractivity contribution in [2.75, 3.05) is 11.9 Å². The van der Waals surface area contributed by atoms with Gasteiger partial charge in [-0.25, -0.2) is 4.98 Å². The molecule has 5 nitrogen and oxygen atoms in total. The Morgan fingerprint density at radius 1 is 1.55 bits per heavy atom. The lowest BCUT2D eigenvalue weighted by molar-refractivity contribution is 0.523. The van der Waals surface area contributed by atoms with Crippen LogP contribution in [0.3, 0.4) is 0 Å². The number of nitrogens with zero attached hydrogens (tertiary/aromatic N) is 3. The number of fused-ring (bicyclic) bond motifs is 1. The SMILES string of the molecule is Cc1nn(C)c2ncc(NC(C)CC3CCCN3)cc12. The summed E-state index contributed by atoms with van der Waals surface area (Å²) in [6, 6.07) is 3.26. The molecule has 5 heteroatoms. The lowest BCUT2D eigenvalue weighted by Gasteiger charge is -2.19. The van der Waals surface area contributed by atoms with Gasteiger partial charge in [-0.3, -0.25) is 4.68 Å². The quantitative estimate of drug-likeness (QED) is 0.897. The summed E-state index contributed by atoms with van der Waals surface area (Å²) in [7, 11) is 1.93. The number of aryl methyl sites for hydroxylation is 2. The van der Waals surface area contributed by atoms with E-state index in [9.17, 15) is 0 Å². The van der Waals surface area contributed by atoms with E-state index >= 15 is 0 Å². The van der Waals surface area contributed by atoms with Crippen LogP contribution in [0.25, 0.3) is 11.0 Å². The molecule has 2 aromatic rings. The van der Waals surface area contributed by atoms with Crippen molar-refractivity contribution in [3.63, 3.8) is 0 Å². The first kappa shape index (κ1) is 13.4. The molecule has 2 unspecified atom stereocenters. The van der Waals surface area contributed by atoms with Gasteiger partial charge in [-0.1, -0.05) is 0 Å². The molecule has 2 atom stereocenters. The predicted molar refractivity (Wildman–Crippen MR) is 82.0 cm³/mol. The van der Waals surface area contributed by atoms with Crippen molar-refractivity contribution in [1.82, 2.24) is 20.1 Å². The highest BCUT2D eigenvalue weighted by molar-refractivity contribution is 5.81. The molecule has 3 rings (SSSR count). The third kappa shape index (κ3) is 2.63. The van der Waals surface area contributed by atoms with Gasteiger partial charge in [-0.05, 0) is 45.7 Å². The number of rotatable bonds is 4. The molecular formula is C15H23N5. The van der Waals surface area contributed by atoms with Crippen molar-refractivity contribution in [2.24, 2.45) is 7.05 Å². The van der Waals surface area contributed by atoms with Crippen LogP contribution in [0.2, 0.25) is 0 Å². The van der Waals surface area contributed by atoms with E-state index in [1.807, 2.05) is 24.9 Å². The summed E-state index contributed by atoms with van der Waals surface area (Å²) in [4.78, 5) is 4.51. The van der Waals surface area contributed by atoms with Gasteiger partial charge in [0, 0.05) is 24.5 Å². The first-order valence-corrected chi connectivity index (χ1v) is 7.43. The Balaban J connectivity index is 1.71. The summed E-state index contributed by atoms with van der Waals surface area (Å²) in [5.41, 5.74) is 3.06. The van der Waals surface area contributed by atoms with Crippen LogP contribution < -0.4 is 10.6 Å². The number of pyridine rings is 1. The minimum Gasteiger partial charge on any atom is -0.381 e. The van der Waals surface area contributed by atoms with Crippen LogP contribution in [-0.4, -0.2) is 33.4 Å². The molecule has 1 aliphatic heterocycles. The monoisotopic (exact) mass is 273 g/mol. The second kappa shape index (κ2) is 5.40. The minimum atomic E-state index is 0.446. The lowest BCUT2D eigenvalue weighted by atomic mass is 10.1. The molecule has 0 radical (unpaired) electrons. The van der Waals surface area contributed by atoms with E-state index in [2.05, 4.69) is 33.7 Å². The molecule has 0 amide bonds. The fourth-order valence-electron chi connectivity index (χ4n) is 3.11. The summed E-state index contributed by atoms with van der Waals surface area (Å²) < 4.78 is 1.83. The third-order valence-corrected chi connectivity index (χ3v) is 4.08. The summed E-state index contributed by atoms with van der Waals surface area (Å²) in [5, 5.41) is 12.6. The number of anilines is 1. The van der Waals surface area contributed by atoms with Crippen LogP contribution in [0, 0.1) is 6.92 Å². The van der Waals surface area contributed by atoms with Crippen LogP contribution in [-0.2, 0) is 7.05 Å². The van der Waals surface area contributed by atoms with Crippen LogP contribution in [0.5, 0.6) is 0 Å². The van der Waals surface area contributed by atoms with Gasteiger partial charge in [-0.15, -0.1) is 0 Å². The van der Waals surface area contributed by atoms with Crippen molar-refractivity contribution >= 4 is 16.7 Å². The highest BCUT2D eigenvalue weighted by Gasteiger charge is 2.17. The summed E-state index contributed by atoms with van der Waals surface area (Å²) >= 11 is 0. The smallest absolute Gasteiger partial charge is 0.157 e. The third-order valence-electron chi connectivity index (χ3n) is 4.08. The Bertz CT molecular complexity index is 598. The van der Waals surface area contributed by atoms with Gasteiger partial charge in [0.05, 0.1) is 17.6 Å². The van der Waals surface area contributed by atoms with Crippen LogP contribution in [0.15, 0.2) is 12.3 Å². The lowest BCUT2D eigenvalue weighted by Crippen LogP contribution is -2.29. The Morgan fingerprint density at radius 3 is 3.15 bits per heavy atom. The standard InChI is InChI=1S/C15H23N5/c1-10(7-12-5-4-6-16-12)18-13-8-14-11(2)19-20(3)15(14)17-9-13/h8-10,12,16,18H,4-7H2,1-3H3. The van der Waals surface area contributed by atoms with Gasteiger partial charge in [-0.2, -0.15) is 5.10 Å². The molecule has 2 aromatic heterocycles. The molecule has 0 aliphatic carbocycles. The summed E-state index contributed by atoms with van der Waals surface area (Å²) in [6.07, 6.45) is 5.66. The Labute approximate surface area is 119 Å². The van der Waals surface area contributed by atoms with Crippen molar-refractivity contribution in [3.05, 3.63) is 18.0 Å². The van der Waals surface area contributed by atoms with Crippen LogP contribution >= 0.6 is 0 Å². The maximum Gasteiger partial charge on any atom is 0.157 e. The van der Waals surface area contributed by atoms with Crippen molar-refractivity contribution in [2.45, 2.75) is 45.2 Å². The fourth-order valence-corrected chi connectivity index (χ4v) is 3.11. The van der Waals surface area contributed by atoms with Crippen molar-refractivity contribution in [1.29, 1.82) is 0 Å². The first-order valence-electron chi connectivity index (χ1n) is 7.43. The Hall–Kier alpha value is -1.62. The zero-order valence-corrected chi connectivity index (χ0v) is 12.5. The van der Waals surface area contributed by atoms with Crippen molar-refractivity contribution < 1.29 is 0 Å². The van der Waals surface area contributed by atoms with Gasteiger partial charge in [0.25, 0.3) is 0 Å². The second-order valence-corrected chi connectivity index (χ2v) is 5.88. The molecule has 0 bridgehead atoms. The molecule has 3 heterocycles. The fraction of sp³-hybridized carbons (Fsp3) is 0.600. The molecule has 1 aliphatic rings. The number of aromatic nitrogens is 3. The van der Waals surface area contributed by atoms with E-state index in [1.165, 1.54) is 19.4 Å². The highest BCUT2D eigenvalue weighted by Crippen LogP contribution is 2.21. The van der Waals surface area contributed by atoms with E-state index in [1.54, 1.807) is 0 Å². The van der Waals surface area contributed by atoms with Gasteiger partial charge in [0.15, 0.2) is 5.65 Å². The maximum atomic E-state index is 4.51. The highest BCUT2D eigenvalue weighted by atomic mass is 15.3. The largest absolute Gasteiger partial charge is 0.381 e. The molecule has 0 aromatic carbocycles. The molecule has 1 saturated heterocycles. The average molecular weight is 273 g/mol. The number of hydrogen-bond acceptors (Lipinski definition) is 4. The van der Waals surface area contributed by atoms with E-state index in [-0.39, 0.29) is 0 Å². The predicted octanol–water partition coefficient (Wildman–Crippen LogP) is 2.22. The van der Waals surface area contributed by atoms with E-state index < -0.39 is 0 Å². The summed E-state index contributed by atoms with van der Waals surface area (Å²) in [5.74, 6) is 0. The molecule has 2 N–H and O–H groups in total. The molecule has 20 heavy (non-hydrogen) atoms. The van der Waals surface area contributed by atoms with Crippen LogP contribution in [0.1, 0.15) is 31.9 Å². The second-order valence-electron chi connectivity index (χ2n) is 5.88. The topological polar surface area (TPSA) is 54.8 Å². The molecule has 0 saturated carbocycles. The number of nitrogens with one attached hydrogen (secondary N) is 2. The minimum absolute atomic E-state index is 0.446. The van der Waals surface area contributed by atoms with Gasteiger partial charge in [0.2, 0.25) is 0 Å². The van der Waals surface area contributed by atoms with E-state index in [0.29, 0.717) is 12.1 Å². The zero-order chi connectivity index (χ0) is 14.1. The molecule has 108 valence electrons. The van der Waals surface area contributed by atoms with Gasteiger partial charge in [0.1, 0.15) is 0 Å². The molecular weight excluding hydrogens is 250 g/mol. The normalized spacial score (nSPS) is 20.4. The molecule has 0 spiro atoms. The zero-order valence-electron chi connectivity index (χ0n) is 12.5. The van der Waals surface area contributed by atoms with Gasteiger partial charge >= 0.3 is 0 Å². The van der Waals surface area contributed by atoms with Crippen LogP contribution in [0.4, 0.5) is 5.69 Å². The van der Waals surface area contributed by atoms with E-state index in [0.717, 1.165) is 28.8 Å². The first-order chi connectivity index (χ1) is 9.63. The van der Waals surface area contributed by atoms with Crippen molar-refractivity contribution in [3.8, 4) is 0 Å². The maximum absolute atomic E-state index is 4.51. The van der Waals surface area contributed by atoms with E-state index in [4.69, 9.17) is 0 Å². The Kier molecular flexibility index (Phi) is 3.61. The average Bonchev–Trinajstić information content (AvgIpc) is 2.99. The van der Waals surface area contributed by atoms with Gasteiger partial charge < -0.3 is 10.6 Å². The number of hydrogen-bond donors (Lipinski definition) is 2. The summed E-state index contributed by atoms with van der Waals surface area (Å²) in [6.45, 7) is 5.43. The Morgan fingerprint density at radius 2 is 2.40 bits per heavy atom.